The van der Waals surface area contributed by atoms with Crippen LogP contribution in [0.25, 0.3) is 0 Å². The molecule has 1 aromatic carbocycles. The van der Waals surface area contributed by atoms with E-state index in [0.717, 1.165) is 5.69 Å². The standard InChI is InChI=1S/C13H19ClN2O/c1-8(2)9(3)16-12-7-10(13(17)15-4)5-6-11(12)14/h5-9,16H,1-4H3,(H,15,17). The molecule has 2 N–H and O–H groups in total. The monoisotopic (exact) mass is 254 g/mol. The van der Waals surface area contributed by atoms with E-state index in [1.165, 1.54) is 0 Å². The molecule has 0 bridgehead atoms. The molecule has 0 heterocycles. The molecule has 0 aliphatic carbocycles. The highest BCUT2D eigenvalue weighted by Gasteiger charge is 2.11. The molecule has 0 saturated heterocycles. The Morgan fingerprint density at radius 1 is 1.29 bits per heavy atom. The fraction of sp³-hybridized carbons (Fsp3) is 0.462. The smallest absolute Gasteiger partial charge is 0.251 e. The van der Waals surface area contributed by atoms with E-state index in [1.54, 1.807) is 25.2 Å². The van der Waals surface area contributed by atoms with Crippen LogP contribution in [0, 0.1) is 5.92 Å². The van der Waals surface area contributed by atoms with E-state index in [2.05, 4.69) is 31.4 Å². The van der Waals surface area contributed by atoms with Crippen LogP contribution in [-0.2, 0) is 0 Å². The molecule has 1 aromatic rings. The third-order valence-corrected chi connectivity index (χ3v) is 3.17. The molecule has 0 radical (unpaired) electrons. The zero-order valence-electron chi connectivity index (χ0n) is 10.7. The number of carbonyl (C=O) groups excluding carboxylic acids is 1. The number of benzene rings is 1. The summed E-state index contributed by atoms with van der Waals surface area (Å²) in [5.74, 6) is 0.386. The lowest BCUT2D eigenvalue weighted by Crippen LogP contribution is -2.22. The summed E-state index contributed by atoms with van der Waals surface area (Å²) in [4.78, 5) is 11.5. The van der Waals surface area contributed by atoms with Gasteiger partial charge in [-0.05, 0) is 31.0 Å². The summed E-state index contributed by atoms with van der Waals surface area (Å²) < 4.78 is 0. The molecule has 1 unspecified atom stereocenters. The molecule has 1 atom stereocenters. The van der Waals surface area contributed by atoms with Crippen LogP contribution in [0.4, 0.5) is 5.69 Å². The largest absolute Gasteiger partial charge is 0.381 e. The zero-order valence-corrected chi connectivity index (χ0v) is 11.4. The molecule has 1 rings (SSSR count). The minimum atomic E-state index is -0.109. The van der Waals surface area contributed by atoms with Crippen molar-refractivity contribution >= 4 is 23.2 Å². The summed E-state index contributed by atoms with van der Waals surface area (Å²) in [5, 5.41) is 6.54. The van der Waals surface area contributed by atoms with Gasteiger partial charge in [0.15, 0.2) is 0 Å². The molecule has 94 valence electrons. The predicted octanol–water partition coefficient (Wildman–Crippen LogP) is 3.16. The van der Waals surface area contributed by atoms with Crippen molar-refractivity contribution in [2.75, 3.05) is 12.4 Å². The minimum Gasteiger partial charge on any atom is -0.381 e. The van der Waals surface area contributed by atoms with Crippen LogP contribution in [0.15, 0.2) is 18.2 Å². The van der Waals surface area contributed by atoms with Crippen LogP contribution in [-0.4, -0.2) is 19.0 Å². The van der Waals surface area contributed by atoms with E-state index in [-0.39, 0.29) is 5.91 Å². The first kappa shape index (κ1) is 13.8. The molecule has 3 nitrogen and oxygen atoms in total. The van der Waals surface area contributed by atoms with E-state index in [1.807, 2.05) is 0 Å². The fourth-order valence-electron chi connectivity index (χ4n) is 1.33. The molecule has 0 spiro atoms. The maximum Gasteiger partial charge on any atom is 0.251 e. The first-order valence-corrected chi connectivity index (χ1v) is 6.11. The molecule has 0 aliphatic rings. The summed E-state index contributed by atoms with van der Waals surface area (Å²) in [5.41, 5.74) is 1.41. The van der Waals surface area contributed by atoms with Crippen LogP contribution < -0.4 is 10.6 Å². The Balaban J connectivity index is 2.94. The second-order valence-corrected chi connectivity index (χ2v) is 4.86. The Morgan fingerprint density at radius 2 is 1.94 bits per heavy atom. The van der Waals surface area contributed by atoms with Gasteiger partial charge in [-0.2, -0.15) is 0 Å². The van der Waals surface area contributed by atoms with Crippen LogP contribution in [0.1, 0.15) is 31.1 Å². The maximum absolute atomic E-state index is 11.5. The molecule has 1 amide bonds. The summed E-state index contributed by atoms with van der Waals surface area (Å²) >= 11 is 6.10. The summed E-state index contributed by atoms with van der Waals surface area (Å²) in [6, 6.07) is 5.53. The Bertz CT molecular complexity index is 404. The quantitative estimate of drug-likeness (QED) is 0.867. The number of nitrogens with one attached hydrogen (secondary N) is 2. The van der Waals surface area contributed by atoms with Crippen LogP contribution in [0.2, 0.25) is 5.02 Å². The first-order chi connectivity index (χ1) is 7.95. The van der Waals surface area contributed by atoms with Gasteiger partial charge in [0.2, 0.25) is 0 Å². The minimum absolute atomic E-state index is 0.109. The molecule has 0 aliphatic heterocycles. The fourth-order valence-corrected chi connectivity index (χ4v) is 1.51. The summed E-state index contributed by atoms with van der Waals surface area (Å²) in [7, 11) is 1.61. The average molecular weight is 255 g/mol. The van der Waals surface area contributed by atoms with Gasteiger partial charge in [-0.15, -0.1) is 0 Å². The van der Waals surface area contributed by atoms with E-state index < -0.39 is 0 Å². The summed E-state index contributed by atoms with van der Waals surface area (Å²) in [6.07, 6.45) is 0. The lowest BCUT2D eigenvalue weighted by Gasteiger charge is -2.20. The molecule has 4 heteroatoms. The highest BCUT2D eigenvalue weighted by molar-refractivity contribution is 6.33. The van der Waals surface area contributed by atoms with E-state index in [9.17, 15) is 4.79 Å². The van der Waals surface area contributed by atoms with Gasteiger partial charge in [0.1, 0.15) is 0 Å². The van der Waals surface area contributed by atoms with E-state index in [4.69, 9.17) is 11.6 Å². The predicted molar refractivity (Wildman–Crippen MR) is 72.8 cm³/mol. The first-order valence-electron chi connectivity index (χ1n) is 5.74. The number of hydrogen-bond donors (Lipinski definition) is 2. The van der Waals surface area contributed by atoms with Crippen LogP contribution >= 0.6 is 11.6 Å². The van der Waals surface area contributed by atoms with Crippen molar-refractivity contribution in [3.63, 3.8) is 0 Å². The third kappa shape index (κ3) is 3.63. The van der Waals surface area contributed by atoms with Gasteiger partial charge in [0, 0.05) is 18.7 Å². The van der Waals surface area contributed by atoms with Gasteiger partial charge in [-0.1, -0.05) is 25.4 Å². The normalized spacial score (nSPS) is 12.4. The van der Waals surface area contributed by atoms with Crippen molar-refractivity contribution in [1.29, 1.82) is 0 Å². The maximum atomic E-state index is 11.5. The van der Waals surface area contributed by atoms with Crippen molar-refractivity contribution in [2.24, 2.45) is 5.92 Å². The molecule has 0 fully saturated rings. The van der Waals surface area contributed by atoms with E-state index >= 15 is 0 Å². The second-order valence-electron chi connectivity index (χ2n) is 4.45. The van der Waals surface area contributed by atoms with Crippen LogP contribution in [0.5, 0.6) is 0 Å². The topological polar surface area (TPSA) is 41.1 Å². The Hall–Kier alpha value is -1.22. The highest BCUT2D eigenvalue weighted by atomic mass is 35.5. The molecule has 0 aromatic heterocycles. The van der Waals surface area contributed by atoms with Gasteiger partial charge in [0.05, 0.1) is 10.7 Å². The molecular formula is C13H19ClN2O. The number of hydrogen-bond acceptors (Lipinski definition) is 2. The second kappa shape index (κ2) is 5.92. The van der Waals surface area contributed by atoms with Crippen molar-refractivity contribution in [2.45, 2.75) is 26.8 Å². The highest BCUT2D eigenvalue weighted by Crippen LogP contribution is 2.24. The Labute approximate surface area is 108 Å². The number of halogens is 1. The van der Waals surface area contributed by atoms with Gasteiger partial charge in [-0.25, -0.2) is 0 Å². The lowest BCUT2D eigenvalue weighted by atomic mass is 10.1. The average Bonchev–Trinajstić information content (AvgIpc) is 2.30. The Morgan fingerprint density at radius 3 is 2.47 bits per heavy atom. The summed E-state index contributed by atoms with van der Waals surface area (Å²) in [6.45, 7) is 6.36. The number of amides is 1. The number of carbonyl (C=O) groups is 1. The van der Waals surface area contributed by atoms with E-state index in [0.29, 0.717) is 22.5 Å². The lowest BCUT2D eigenvalue weighted by molar-refractivity contribution is 0.0963. The van der Waals surface area contributed by atoms with Crippen LogP contribution in [0.3, 0.4) is 0 Å². The van der Waals surface area contributed by atoms with Gasteiger partial charge in [-0.3, -0.25) is 4.79 Å². The number of rotatable bonds is 4. The Kier molecular flexibility index (Phi) is 4.82. The third-order valence-electron chi connectivity index (χ3n) is 2.84. The molecule has 17 heavy (non-hydrogen) atoms. The van der Waals surface area contributed by atoms with Crippen molar-refractivity contribution in [1.82, 2.24) is 5.32 Å². The van der Waals surface area contributed by atoms with Crippen molar-refractivity contribution < 1.29 is 4.79 Å². The van der Waals surface area contributed by atoms with Gasteiger partial charge < -0.3 is 10.6 Å². The van der Waals surface area contributed by atoms with Gasteiger partial charge in [0.25, 0.3) is 5.91 Å². The number of anilines is 1. The zero-order chi connectivity index (χ0) is 13.0. The van der Waals surface area contributed by atoms with Gasteiger partial charge >= 0.3 is 0 Å². The van der Waals surface area contributed by atoms with Crippen molar-refractivity contribution in [3.05, 3.63) is 28.8 Å². The SMILES string of the molecule is CNC(=O)c1ccc(Cl)c(NC(C)C(C)C)c1. The molecular weight excluding hydrogens is 236 g/mol. The molecule has 0 saturated carbocycles. The van der Waals surface area contributed by atoms with Crippen molar-refractivity contribution in [3.8, 4) is 0 Å².